The number of amides is 1. The molecule has 4 unspecified atom stereocenters. The minimum atomic E-state index is -0.371. The molecule has 1 aromatic heterocycles. The Balaban J connectivity index is 1.58. The zero-order chi connectivity index (χ0) is 19.1. The van der Waals surface area contributed by atoms with Crippen LogP contribution < -0.4 is 10.9 Å². The maximum Gasteiger partial charge on any atom is 0.242 e. The van der Waals surface area contributed by atoms with Crippen LogP contribution in [0, 0.1) is 5.92 Å². The van der Waals surface area contributed by atoms with Crippen molar-refractivity contribution in [2.45, 2.75) is 24.7 Å². The van der Waals surface area contributed by atoms with E-state index in [-0.39, 0.29) is 35.7 Å². The predicted molar refractivity (Wildman–Crippen MR) is 103 cm³/mol. The number of rotatable bonds is 4. The number of furan rings is 1. The fourth-order valence-corrected chi connectivity index (χ4v) is 4.51. The standard InChI is InChI=1S/C22H21N3O3/c26-17-11-5-4-10-16(17)19-18-20(24-23-19)22(27)25(13-15-9-6-12-28-15)21(18)14-7-2-1-3-8-14/h1-12,18-21,23-24,26H,13H2. The van der Waals surface area contributed by atoms with E-state index in [1.807, 2.05) is 47.4 Å². The topological polar surface area (TPSA) is 77.7 Å². The van der Waals surface area contributed by atoms with E-state index in [4.69, 9.17) is 4.42 Å². The van der Waals surface area contributed by atoms with E-state index in [1.165, 1.54) is 0 Å². The fraction of sp³-hybridized carbons (Fsp3) is 0.227. The number of hydrazine groups is 1. The summed E-state index contributed by atoms with van der Waals surface area (Å²) in [6.07, 6.45) is 1.62. The number of benzene rings is 2. The van der Waals surface area contributed by atoms with Gasteiger partial charge < -0.3 is 14.4 Å². The van der Waals surface area contributed by atoms with E-state index in [1.54, 1.807) is 18.4 Å². The summed E-state index contributed by atoms with van der Waals surface area (Å²) in [6.45, 7) is 0.410. The first-order valence-electron chi connectivity index (χ1n) is 9.41. The molecule has 3 heterocycles. The van der Waals surface area contributed by atoms with Crippen molar-refractivity contribution in [3.63, 3.8) is 0 Å². The molecule has 6 nitrogen and oxygen atoms in total. The molecule has 2 aliphatic rings. The number of hydrogen-bond donors (Lipinski definition) is 3. The van der Waals surface area contributed by atoms with Crippen LogP contribution >= 0.6 is 0 Å². The Labute approximate surface area is 162 Å². The van der Waals surface area contributed by atoms with Gasteiger partial charge in [0.2, 0.25) is 5.91 Å². The predicted octanol–water partition coefficient (Wildman–Crippen LogP) is 2.90. The van der Waals surface area contributed by atoms with E-state index in [0.717, 1.165) is 16.9 Å². The van der Waals surface area contributed by atoms with Crippen LogP contribution in [0.4, 0.5) is 0 Å². The number of aromatic hydroxyl groups is 1. The molecule has 2 aromatic carbocycles. The summed E-state index contributed by atoms with van der Waals surface area (Å²) in [5.74, 6) is 0.936. The van der Waals surface area contributed by atoms with Crippen molar-refractivity contribution in [2.24, 2.45) is 5.92 Å². The van der Waals surface area contributed by atoms with Crippen LogP contribution in [0.3, 0.4) is 0 Å². The van der Waals surface area contributed by atoms with E-state index in [0.29, 0.717) is 6.54 Å². The first-order chi connectivity index (χ1) is 13.7. The molecule has 0 saturated carbocycles. The van der Waals surface area contributed by atoms with Crippen molar-refractivity contribution in [1.29, 1.82) is 0 Å². The van der Waals surface area contributed by atoms with Crippen molar-refractivity contribution < 1.29 is 14.3 Å². The monoisotopic (exact) mass is 375 g/mol. The second kappa shape index (κ2) is 6.82. The Morgan fingerprint density at radius 1 is 0.929 bits per heavy atom. The smallest absolute Gasteiger partial charge is 0.242 e. The summed E-state index contributed by atoms with van der Waals surface area (Å²) in [4.78, 5) is 15.2. The Morgan fingerprint density at radius 2 is 1.68 bits per heavy atom. The van der Waals surface area contributed by atoms with Gasteiger partial charge in [-0.2, -0.15) is 0 Å². The van der Waals surface area contributed by atoms with Crippen molar-refractivity contribution in [3.8, 4) is 5.75 Å². The summed E-state index contributed by atoms with van der Waals surface area (Å²) in [5, 5.41) is 10.4. The van der Waals surface area contributed by atoms with Crippen molar-refractivity contribution in [2.75, 3.05) is 0 Å². The highest BCUT2D eigenvalue weighted by Gasteiger charge is 2.55. The minimum Gasteiger partial charge on any atom is -0.508 e. The number of hydrogen-bond acceptors (Lipinski definition) is 5. The van der Waals surface area contributed by atoms with Crippen LogP contribution in [0.15, 0.2) is 77.4 Å². The van der Waals surface area contributed by atoms with Gasteiger partial charge in [-0.1, -0.05) is 48.5 Å². The normalized spacial score (nSPS) is 26.6. The van der Waals surface area contributed by atoms with Crippen LogP contribution in [-0.2, 0) is 11.3 Å². The lowest BCUT2D eigenvalue weighted by molar-refractivity contribution is -0.131. The van der Waals surface area contributed by atoms with Gasteiger partial charge in [0, 0.05) is 11.5 Å². The van der Waals surface area contributed by atoms with Crippen molar-refractivity contribution >= 4 is 5.91 Å². The minimum absolute atomic E-state index is 0.0284. The second-order valence-electron chi connectivity index (χ2n) is 7.28. The molecular formula is C22H21N3O3. The molecule has 5 rings (SSSR count). The quantitative estimate of drug-likeness (QED) is 0.654. The highest BCUT2D eigenvalue weighted by molar-refractivity contribution is 5.86. The van der Waals surface area contributed by atoms with E-state index in [2.05, 4.69) is 23.0 Å². The van der Waals surface area contributed by atoms with Gasteiger partial charge in [-0.3, -0.25) is 4.79 Å². The molecule has 6 heteroatoms. The summed E-state index contributed by atoms with van der Waals surface area (Å²) in [7, 11) is 0. The number of carbonyl (C=O) groups is 1. The van der Waals surface area contributed by atoms with E-state index >= 15 is 0 Å². The maximum atomic E-state index is 13.3. The number of likely N-dealkylation sites (tertiary alicyclic amines) is 1. The molecule has 0 aliphatic carbocycles. The van der Waals surface area contributed by atoms with Crippen molar-refractivity contribution in [3.05, 3.63) is 89.9 Å². The van der Waals surface area contributed by atoms with Gasteiger partial charge in [0.15, 0.2) is 0 Å². The summed E-state index contributed by atoms with van der Waals surface area (Å²) < 4.78 is 5.51. The second-order valence-corrected chi connectivity index (χ2v) is 7.28. The number of nitrogens with one attached hydrogen (secondary N) is 2. The zero-order valence-electron chi connectivity index (χ0n) is 15.2. The highest BCUT2D eigenvalue weighted by atomic mass is 16.3. The molecule has 3 N–H and O–H groups in total. The SMILES string of the molecule is O=C1C2NNC(c3ccccc3O)C2C(c2ccccc2)N1Cc1ccco1. The van der Waals surface area contributed by atoms with E-state index in [9.17, 15) is 9.90 Å². The molecule has 1 amide bonds. The molecule has 0 bridgehead atoms. The van der Waals surface area contributed by atoms with Gasteiger partial charge in [-0.25, -0.2) is 10.9 Å². The van der Waals surface area contributed by atoms with Gasteiger partial charge in [0.25, 0.3) is 0 Å². The third-order valence-electron chi connectivity index (χ3n) is 5.73. The molecule has 0 radical (unpaired) electrons. The molecular weight excluding hydrogens is 354 g/mol. The lowest BCUT2D eigenvalue weighted by Crippen LogP contribution is -2.41. The molecule has 2 aliphatic heterocycles. The Kier molecular flexibility index (Phi) is 4.15. The van der Waals surface area contributed by atoms with Gasteiger partial charge in [-0.05, 0) is 23.8 Å². The van der Waals surface area contributed by atoms with Crippen LogP contribution in [0.25, 0.3) is 0 Å². The van der Waals surface area contributed by atoms with E-state index < -0.39 is 0 Å². The summed E-state index contributed by atoms with van der Waals surface area (Å²) in [5.41, 5.74) is 8.27. The fourth-order valence-electron chi connectivity index (χ4n) is 4.51. The Morgan fingerprint density at radius 3 is 2.43 bits per heavy atom. The summed E-state index contributed by atoms with van der Waals surface area (Å²) in [6, 6.07) is 20.3. The van der Waals surface area contributed by atoms with Crippen LogP contribution in [0.1, 0.15) is 29.0 Å². The van der Waals surface area contributed by atoms with Crippen LogP contribution in [0.5, 0.6) is 5.75 Å². The highest BCUT2D eigenvalue weighted by Crippen LogP contribution is 2.48. The number of phenolic OH excluding ortho intramolecular Hbond substituents is 1. The average Bonchev–Trinajstić information content (AvgIpc) is 3.43. The van der Waals surface area contributed by atoms with Gasteiger partial charge in [-0.15, -0.1) is 0 Å². The molecule has 3 aromatic rings. The van der Waals surface area contributed by atoms with Gasteiger partial charge >= 0.3 is 0 Å². The summed E-state index contributed by atoms with van der Waals surface area (Å²) >= 11 is 0. The van der Waals surface area contributed by atoms with Crippen LogP contribution in [0.2, 0.25) is 0 Å². The third-order valence-corrected chi connectivity index (χ3v) is 5.73. The molecule has 28 heavy (non-hydrogen) atoms. The van der Waals surface area contributed by atoms with Crippen LogP contribution in [-0.4, -0.2) is 22.0 Å². The molecule has 2 fully saturated rings. The lowest BCUT2D eigenvalue weighted by Gasteiger charge is -2.31. The molecule has 0 spiro atoms. The number of para-hydroxylation sites is 1. The number of phenols is 1. The first-order valence-corrected chi connectivity index (χ1v) is 9.41. The first kappa shape index (κ1) is 17.0. The van der Waals surface area contributed by atoms with Gasteiger partial charge in [0.05, 0.1) is 24.9 Å². The number of carbonyl (C=O) groups excluding carboxylic acids is 1. The zero-order valence-corrected chi connectivity index (χ0v) is 15.2. The maximum absolute atomic E-state index is 13.3. The third kappa shape index (κ3) is 2.69. The molecule has 2 saturated heterocycles. The van der Waals surface area contributed by atoms with Crippen molar-refractivity contribution in [1.82, 2.24) is 15.8 Å². The largest absolute Gasteiger partial charge is 0.508 e. The van der Waals surface area contributed by atoms with Gasteiger partial charge in [0.1, 0.15) is 17.6 Å². The number of fused-ring (bicyclic) bond motifs is 1. The molecule has 4 atom stereocenters. The Hall–Kier alpha value is -3.09. The Bertz CT molecular complexity index is 974. The molecule has 142 valence electrons. The average molecular weight is 375 g/mol. The lowest BCUT2D eigenvalue weighted by atomic mass is 9.83. The number of nitrogens with zero attached hydrogens (tertiary/aromatic N) is 1.